The molecule has 0 bridgehead atoms. The molecular weight excluding hydrogens is 432 g/mol. The molecule has 1 atom stereocenters. The summed E-state index contributed by atoms with van der Waals surface area (Å²) in [5.74, 6) is 0.817. The van der Waals surface area contributed by atoms with E-state index in [0.717, 1.165) is 27.9 Å². The Morgan fingerprint density at radius 1 is 1.18 bits per heavy atom. The minimum Gasteiger partial charge on any atom is -0.348 e. The highest BCUT2D eigenvalue weighted by Gasteiger charge is 2.30. The number of aryl methyl sites for hydroxylation is 1. The molecule has 170 valence electrons. The van der Waals surface area contributed by atoms with Crippen molar-refractivity contribution in [2.45, 2.75) is 19.0 Å². The monoisotopic (exact) mass is 454 g/mol. The number of rotatable bonds is 4. The lowest BCUT2D eigenvalue weighted by Crippen LogP contribution is -2.28. The average Bonchev–Trinajstić information content (AvgIpc) is 3.51. The Kier molecular flexibility index (Phi) is 4.56. The van der Waals surface area contributed by atoms with E-state index in [1.165, 1.54) is 0 Å². The lowest BCUT2D eigenvalue weighted by Gasteiger charge is -2.17. The first-order chi connectivity index (χ1) is 16.5. The minimum atomic E-state index is -0.195. The number of pyridine rings is 3. The van der Waals surface area contributed by atoms with Crippen molar-refractivity contribution in [2.24, 2.45) is 12.8 Å². The van der Waals surface area contributed by atoms with Crippen LogP contribution in [0.3, 0.4) is 0 Å². The van der Waals surface area contributed by atoms with Gasteiger partial charge < -0.3 is 20.9 Å². The predicted octanol–water partition coefficient (Wildman–Crippen LogP) is 2.08. The summed E-state index contributed by atoms with van der Waals surface area (Å²) in [6.45, 7) is 0.819. The van der Waals surface area contributed by atoms with Crippen molar-refractivity contribution in [1.82, 2.24) is 24.8 Å². The molecule has 0 aliphatic carbocycles. The SMILES string of the molecule is Cn1ccc2c(-c3ncc(Nc4cccc(N5CC(N)CC5=O)n4)c4c3CNC4=O)ccnc21. The second-order valence-electron chi connectivity index (χ2n) is 8.55. The number of nitrogens with two attached hydrogens (primary N) is 1. The van der Waals surface area contributed by atoms with Crippen LogP contribution in [0, 0.1) is 0 Å². The van der Waals surface area contributed by atoms with Gasteiger partial charge in [-0.2, -0.15) is 0 Å². The van der Waals surface area contributed by atoms with Crippen LogP contribution in [0.1, 0.15) is 22.3 Å². The molecule has 0 radical (unpaired) electrons. The molecule has 2 aliphatic heterocycles. The smallest absolute Gasteiger partial charge is 0.254 e. The number of nitrogens with zero attached hydrogens (tertiary/aromatic N) is 5. The van der Waals surface area contributed by atoms with Gasteiger partial charge in [-0.1, -0.05) is 6.07 Å². The van der Waals surface area contributed by atoms with Crippen LogP contribution < -0.4 is 21.3 Å². The van der Waals surface area contributed by atoms with Crippen LogP contribution in [0.2, 0.25) is 0 Å². The third-order valence-electron chi connectivity index (χ3n) is 6.28. The van der Waals surface area contributed by atoms with Crippen LogP contribution in [-0.4, -0.2) is 43.9 Å². The van der Waals surface area contributed by atoms with E-state index < -0.39 is 0 Å². The number of amides is 2. The Hall–Kier alpha value is -4.31. The molecule has 10 nitrogen and oxygen atoms in total. The number of aromatic nitrogens is 4. The van der Waals surface area contributed by atoms with Gasteiger partial charge in [-0.15, -0.1) is 0 Å². The standard InChI is InChI=1S/C24H22N8O2/c1-31-8-6-15-14(5-7-26-23(15)31)22-16-10-28-24(34)21(16)17(11-27-22)29-18-3-2-4-19(30-18)32-12-13(25)9-20(32)33/h2-8,11,13H,9-10,12,25H2,1H3,(H,28,34)(H,29,30). The van der Waals surface area contributed by atoms with Crippen LogP contribution in [0.5, 0.6) is 0 Å². The average molecular weight is 454 g/mol. The summed E-state index contributed by atoms with van der Waals surface area (Å²) in [7, 11) is 1.94. The van der Waals surface area contributed by atoms with Crippen LogP contribution in [0.4, 0.5) is 17.3 Å². The second kappa shape index (κ2) is 7.63. The van der Waals surface area contributed by atoms with E-state index in [0.29, 0.717) is 42.4 Å². The summed E-state index contributed by atoms with van der Waals surface area (Å²) in [6.07, 6.45) is 5.67. The largest absolute Gasteiger partial charge is 0.348 e. The predicted molar refractivity (Wildman–Crippen MR) is 128 cm³/mol. The molecule has 4 aromatic heterocycles. The molecule has 6 heterocycles. The maximum absolute atomic E-state index is 12.8. The fourth-order valence-electron chi connectivity index (χ4n) is 4.68. The first-order valence-electron chi connectivity index (χ1n) is 11.0. The quantitative estimate of drug-likeness (QED) is 0.430. The van der Waals surface area contributed by atoms with E-state index in [2.05, 4.69) is 20.6 Å². The van der Waals surface area contributed by atoms with Crippen LogP contribution >= 0.6 is 0 Å². The zero-order chi connectivity index (χ0) is 23.4. The molecule has 6 rings (SSSR count). The number of nitrogens with one attached hydrogen (secondary N) is 2. The van der Waals surface area contributed by atoms with E-state index in [1.54, 1.807) is 29.4 Å². The lowest BCUT2D eigenvalue weighted by atomic mass is 10.0. The van der Waals surface area contributed by atoms with Gasteiger partial charge >= 0.3 is 0 Å². The molecule has 1 saturated heterocycles. The van der Waals surface area contributed by atoms with Crippen molar-refractivity contribution in [3.63, 3.8) is 0 Å². The molecular formula is C24H22N8O2. The molecule has 4 N–H and O–H groups in total. The number of hydrogen-bond donors (Lipinski definition) is 3. The molecule has 0 saturated carbocycles. The molecule has 0 spiro atoms. The van der Waals surface area contributed by atoms with Crippen molar-refractivity contribution in [2.75, 3.05) is 16.8 Å². The van der Waals surface area contributed by atoms with Gasteiger partial charge in [0, 0.05) is 61.5 Å². The van der Waals surface area contributed by atoms with Crippen LogP contribution in [0.15, 0.2) is 48.9 Å². The molecule has 10 heteroatoms. The second-order valence-corrected chi connectivity index (χ2v) is 8.55. The Bertz CT molecular complexity index is 1480. The maximum atomic E-state index is 12.8. The number of carbonyl (C=O) groups is 2. The molecule has 1 fully saturated rings. The van der Waals surface area contributed by atoms with E-state index in [9.17, 15) is 9.59 Å². The van der Waals surface area contributed by atoms with E-state index >= 15 is 0 Å². The molecule has 2 amide bonds. The Labute approximate surface area is 194 Å². The molecule has 4 aromatic rings. The van der Waals surface area contributed by atoms with Gasteiger partial charge in [-0.3, -0.25) is 19.5 Å². The van der Waals surface area contributed by atoms with Gasteiger partial charge in [-0.25, -0.2) is 9.97 Å². The highest BCUT2D eigenvalue weighted by Crippen LogP contribution is 2.36. The topological polar surface area (TPSA) is 131 Å². The van der Waals surface area contributed by atoms with Crippen LogP contribution in [-0.2, 0) is 18.4 Å². The van der Waals surface area contributed by atoms with Crippen molar-refractivity contribution in [3.8, 4) is 11.3 Å². The summed E-state index contributed by atoms with van der Waals surface area (Å²) in [6, 6.07) is 9.10. The molecule has 1 unspecified atom stereocenters. The van der Waals surface area contributed by atoms with Gasteiger partial charge in [0.25, 0.3) is 5.91 Å². The van der Waals surface area contributed by atoms with E-state index in [4.69, 9.17) is 10.7 Å². The van der Waals surface area contributed by atoms with Gasteiger partial charge in [0.05, 0.1) is 23.1 Å². The fourth-order valence-corrected chi connectivity index (χ4v) is 4.68. The van der Waals surface area contributed by atoms with Gasteiger partial charge in [0.1, 0.15) is 17.3 Å². The molecule has 0 aromatic carbocycles. The zero-order valence-electron chi connectivity index (χ0n) is 18.4. The van der Waals surface area contributed by atoms with Gasteiger partial charge in [-0.05, 0) is 24.3 Å². The Balaban J connectivity index is 1.39. The fraction of sp³-hybridized carbons (Fsp3) is 0.208. The summed E-state index contributed by atoms with van der Waals surface area (Å²) in [5, 5.41) is 7.11. The van der Waals surface area contributed by atoms with Crippen molar-refractivity contribution >= 4 is 40.2 Å². The third kappa shape index (κ3) is 3.19. The highest BCUT2D eigenvalue weighted by atomic mass is 16.2. The minimum absolute atomic E-state index is 0.0481. The summed E-state index contributed by atoms with van der Waals surface area (Å²) in [4.78, 5) is 40.4. The Morgan fingerprint density at radius 2 is 2.06 bits per heavy atom. The summed E-state index contributed by atoms with van der Waals surface area (Å²) in [5.41, 5.74) is 10.4. The number of hydrogen-bond acceptors (Lipinski definition) is 7. The van der Waals surface area contributed by atoms with E-state index in [-0.39, 0.29) is 17.9 Å². The first-order valence-corrected chi connectivity index (χ1v) is 11.0. The van der Waals surface area contributed by atoms with Crippen molar-refractivity contribution in [1.29, 1.82) is 0 Å². The van der Waals surface area contributed by atoms with Crippen molar-refractivity contribution in [3.05, 3.63) is 60.0 Å². The van der Waals surface area contributed by atoms with Crippen molar-refractivity contribution < 1.29 is 9.59 Å². The lowest BCUT2D eigenvalue weighted by molar-refractivity contribution is -0.117. The number of carbonyl (C=O) groups excluding carboxylic acids is 2. The normalized spacial score (nSPS) is 17.4. The Morgan fingerprint density at radius 3 is 2.88 bits per heavy atom. The van der Waals surface area contributed by atoms with Gasteiger partial charge in [0.15, 0.2) is 0 Å². The van der Waals surface area contributed by atoms with Gasteiger partial charge in [0.2, 0.25) is 5.91 Å². The number of fused-ring (bicyclic) bond motifs is 2. The maximum Gasteiger partial charge on any atom is 0.254 e. The first kappa shape index (κ1) is 20.3. The third-order valence-corrected chi connectivity index (χ3v) is 6.28. The highest BCUT2D eigenvalue weighted by molar-refractivity contribution is 6.06. The van der Waals surface area contributed by atoms with E-state index in [1.807, 2.05) is 36.0 Å². The zero-order valence-corrected chi connectivity index (χ0v) is 18.4. The van der Waals surface area contributed by atoms with Crippen LogP contribution in [0.25, 0.3) is 22.3 Å². The molecule has 34 heavy (non-hydrogen) atoms. The summed E-state index contributed by atoms with van der Waals surface area (Å²) >= 11 is 0. The molecule has 2 aliphatic rings. The summed E-state index contributed by atoms with van der Waals surface area (Å²) < 4.78 is 1.95. The number of anilines is 3.